The van der Waals surface area contributed by atoms with Crippen LogP contribution in [0.2, 0.25) is 5.02 Å². The zero-order chi connectivity index (χ0) is 15.6. The first-order valence-electron chi connectivity index (χ1n) is 6.07. The molecule has 0 aromatic heterocycles. The van der Waals surface area contributed by atoms with Gasteiger partial charge in [0.05, 0.1) is 11.7 Å². The highest BCUT2D eigenvalue weighted by Crippen LogP contribution is 2.31. The van der Waals surface area contributed by atoms with Gasteiger partial charge >= 0.3 is 6.18 Å². The Morgan fingerprint density at radius 1 is 1.05 bits per heavy atom. The van der Waals surface area contributed by atoms with Crippen LogP contribution in [0.25, 0.3) is 0 Å². The summed E-state index contributed by atoms with van der Waals surface area (Å²) in [6.45, 7) is 0. The maximum absolute atomic E-state index is 13.6. The van der Waals surface area contributed by atoms with Crippen molar-refractivity contribution in [3.63, 3.8) is 0 Å². The fraction of sp³-hybridized carbons (Fsp3) is 0.200. The van der Waals surface area contributed by atoms with Crippen LogP contribution in [0, 0.1) is 5.82 Å². The van der Waals surface area contributed by atoms with Crippen LogP contribution in [0.3, 0.4) is 0 Å². The van der Waals surface area contributed by atoms with Crippen molar-refractivity contribution >= 4 is 11.6 Å². The molecule has 0 aliphatic rings. The minimum absolute atomic E-state index is 0.114. The average Bonchev–Trinajstić information content (AvgIpc) is 2.42. The molecule has 1 nitrogen and oxygen atoms in total. The highest BCUT2D eigenvalue weighted by molar-refractivity contribution is 6.31. The van der Waals surface area contributed by atoms with Gasteiger partial charge in [-0.05, 0) is 29.8 Å². The van der Waals surface area contributed by atoms with E-state index in [2.05, 4.69) is 0 Å². The number of benzene rings is 2. The highest BCUT2D eigenvalue weighted by atomic mass is 35.5. The second kappa shape index (κ2) is 6.03. The largest absolute Gasteiger partial charge is 0.416 e. The van der Waals surface area contributed by atoms with Crippen molar-refractivity contribution < 1.29 is 22.7 Å². The summed E-state index contributed by atoms with van der Waals surface area (Å²) in [6, 6.07) is 8.22. The van der Waals surface area contributed by atoms with Gasteiger partial charge in [0.1, 0.15) is 5.82 Å². The molecule has 0 spiro atoms. The fourth-order valence-electron chi connectivity index (χ4n) is 1.93. The second-order valence-electron chi connectivity index (χ2n) is 4.54. The summed E-state index contributed by atoms with van der Waals surface area (Å²) in [5.74, 6) is -0.562. The Labute approximate surface area is 123 Å². The van der Waals surface area contributed by atoms with Crippen LogP contribution in [0.1, 0.15) is 22.8 Å². The molecule has 0 heterocycles. The maximum atomic E-state index is 13.6. The summed E-state index contributed by atoms with van der Waals surface area (Å²) in [7, 11) is 0. The van der Waals surface area contributed by atoms with Gasteiger partial charge in [0.15, 0.2) is 0 Å². The second-order valence-corrected chi connectivity index (χ2v) is 4.95. The van der Waals surface area contributed by atoms with E-state index in [4.69, 9.17) is 11.6 Å². The Bertz CT molecular complexity index is 602. The smallest absolute Gasteiger partial charge is 0.388 e. The molecule has 0 aliphatic heterocycles. The van der Waals surface area contributed by atoms with Crippen LogP contribution >= 0.6 is 11.6 Å². The lowest BCUT2D eigenvalue weighted by Crippen LogP contribution is -2.07. The number of halogens is 5. The van der Waals surface area contributed by atoms with Gasteiger partial charge in [-0.25, -0.2) is 4.39 Å². The van der Waals surface area contributed by atoms with Gasteiger partial charge in [-0.15, -0.1) is 0 Å². The Kier molecular flexibility index (Phi) is 4.54. The Morgan fingerprint density at radius 3 is 2.19 bits per heavy atom. The average molecular weight is 319 g/mol. The number of rotatable bonds is 3. The minimum Gasteiger partial charge on any atom is -0.388 e. The van der Waals surface area contributed by atoms with Crippen molar-refractivity contribution in [2.24, 2.45) is 0 Å². The zero-order valence-electron chi connectivity index (χ0n) is 10.7. The highest BCUT2D eigenvalue weighted by Gasteiger charge is 2.30. The van der Waals surface area contributed by atoms with Crippen LogP contribution in [0.5, 0.6) is 0 Å². The lowest BCUT2D eigenvalue weighted by atomic mass is 10.00. The molecule has 2 rings (SSSR count). The van der Waals surface area contributed by atoms with E-state index in [0.717, 1.165) is 12.1 Å². The van der Waals surface area contributed by atoms with E-state index in [0.29, 0.717) is 0 Å². The van der Waals surface area contributed by atoms with E-state index in [1.807, 2.05) is 0 Å². The molecule has 21 heavy (non-hydrogen) atoms. The van der Waals surface area contributed by atoms with Crippen LogP contribution in [0.4, 0.5) is 17.6 Å². The van der Waals surface area contributed by atoms with Crippen LogP contribution in [0.15, 0.2) is 42.5 Å². The number of alkyl halides is 3. The third kappa shape index (κ3) is 3.74. The summed E-state index contributed by atoms with van der Waals surface area (Å²) >= 11 is 5.85. The van der Waals surface area contributed by atoms with Crippen LogP contribution in [-0.2, 0) is 12.6 Å². The van der Waals surface area contributed by atoms with Gasteiger partial charge < -0.3 is 5.11 Å². The molecule has 1 N–H and O–H groups in total. The van der Waals surface area contributed by atoms with E-state index >= 15 is 0 Å². The summed E-state index contributed by atoms with van der Waals surface area (Å²) in [4.78, 5) is 0. The molecule has 2 aromatic carbocycles. The SMILES string of the molecule is OC(Cc1c(F)cccc1Cl)c1ccc(C(F)(F)F)cc1. The summed E-state index contributed by atoms with van der Waals surface area (Å²) < 4.78 is 50.9. The molecule has 2 aromatic rings. The molecule has 0 saturated heterocycles. The van der Waals surface area contributed by atoms with E-state index in [9.17, 15) is 22.7 Å². The van der Waals surface area contributed by atoms with Gasteiger partial charge in [0, 0.05) is 17.0 Å². The van der Waals surface area contributed by atoms with Crippen molar-refractivity contribution in [3.05, 3.63) is 70.0 Å². The fourth-order valence-corrected chi connectivity index (χ4v) is 2.17. The lowest BCUT2D eigenvalue weighted by Gasteiger charge is -2.14. The quantitative estimate of drug-likeness (QED) is 0.808. The van der Waals surface area contributed by atoms with Crippen molar-refractivity contribution in [2.75, 3.05) is 0 Å². The van der Waals surface area contributed by atoms with Gasteiger partial charge in [-0.1, -0.05) is 29.8 Å². The van der Waals surface area contributed by atoms with Crippen molar-refractivity contribution in [3.8, 4) is 0 Å². The maximum Gasteiger partial charge on any atom is 0.416 e. The number of hydrogen-bond acceptors (Lipinski definition) is 1. The summed E-state index contributed by atoms with van der Waals surface area (Å²) in [5, 5.41) is 10.2. The number of aliphatic hydroxyl groups is 1. The predicted octanol–water partition coefficient (Wildman–Crippen LogP) is 4.77. The molecule has 1 unspecified atom stereocenters. The number of aliphatic hydroxyl groups excluding tert-OH is 1. The molecule has 1 atom stereocenters. The first-order valence-corrected chi connectivity index (χ1v) is 6.45. The Hall–Kier alpha value is -1.59. The molecule has 112 valence electrons. The molecule has 6 heteroatoms. The first-order chi connectivity index (χ1) is 9.79. The third-order valence-electron chi connectivity index (χ3n) is 3.08. The van der Waals surface area contributed by atoms with Crippen molar-refractivity contribution in [2.45, 2.75) is 18.7 Å². The van der Waals surface area contributed by atoms with Gasteiger partial charge in [-0.2, -0.15) is 13.2 Å². The Morgan fingerprint density at radius 2 is 1.67 bits per heavy atom. The summed E-state index contributed by atoms with van der Waals surface area (Å²) in [6.07, 6.45) is -5.68. The monoisotopic (exact) mass is 318 g/mol. The molecule has 0 aliphatic carbocycles. The van der Waals surface area contributed by atoms with Crippen LogP contribution in [-0.4, -0.2) is 5.11 Å². The molecular weight excluding hydrogens is 308 g/mol. The van der Waals surface area contributed by atoms with Crippen molar-refractivity contribution in [1.29, 1.82) is 0 Å². The van der Waals surface area contributed by atoms with Crippen LogP contribution < -0.4 is 0 Å². The Balaban J connectivity index is 2.19. The standard InChI is InChI=1S/C15H11ClF4O/c16-12-2-1-3-13(17)11(12)8-14(21)9-4-6-10(7-5-9)15(18,19)20/h1-7,14,21H,8H2. The minimum atomic E-state index is -4.43. The molecule has 0 saturated carbocycles. The first kappa shape index (κ1) is 15.8. The summed E-state index contributed by atoms with van der Waals surface area (Å²) in [5.41, 5.74) is -0.406. The number of hydrogen-bond donors (Lipinski definition) is 1. The molecule has 0 fully saturated rings. The van der Waals surface area contributed by atoms with E-state index < -0.39 is 23.7 Å². The topological polar surface area (TPSA) is 20.2 Å². The molecule has 0 bridgehead atoms. The molecular formula is C15H11ClF4O. The van der Waals surface area contributed by atoms with E-state index in [1.54, 1.807) is 0 Å². The van der Waals surface area contributed by atoms with E-state index in [1.165, 1.54) is 30.3 Å². The predicted molar refractivity (Wildman–Crippen MR) is 71.5 cm³/mol. The van der Waals surface area contributed by atoms with Gasteiger partial charge in [-0.3, -0.25) is 0 Å². The third-order valence-corrected chi connectivity index (χ3v) is 3.44. The molecule has 0 radical (unpaired) electrons. The lowest BCUT2D eigenvalue weighted by molar-refractivity contribution is -0.137. The van der Waals surface area contributed by atoms with E-state index in [-0.39, 0.29) is 22.6 Å². The van der Waals surface area contributed by atoms with Crippen molar-refractivity contribution in [1.82, 2.24) is 0 Å². The zero-order valence-corrected chi connectivity index (χ0v) is 11.4. The van der Waals surface area contributed by atoms with Gasteiger partial charge in [0.2, 0.25) is 0 Å². The van der Waals surface area contributed by atoms with Gasteiger partial charge in [0.25, 0.3) is 0 Å². The normalized spacial score (nSPS) is 13.2. The molecule has 0 amide bonds.